The van der Waals surface area contributed by atoms with Gasteiger partial charge in [-0.05, 0) is 59.7 Å². The molecule has 1 fully saturated rings. The number of rotatable bonds is 7. The summed E-state index contributed by atoms with van der Waals surface area (Å²) in [6.45, 7) is 7.95. The third-order valence-corrected chi connectivity index (χ3v) is 9.07. The molecule has 1 aliphatic carbocycles. The van der Waals surface area contributed by atoms with E-state index < -0.39 is 5.97 Å². The molecule has 0 bridgehead atoms. The van der Waals surface area contributed by atoms with Crippen molar-refractivity contribution in [3.8, 4) is 11.1 Å². The molecule has 7 rings (SSSR count). The van der Waals surface area contributed by atoms with Gasteiger partial charge in [0.1, 0.15) is 29.6 Å². The van der Waals surface area contributed by atoms with Crippen LogP contribution in [0.4, 0.5) is 23.0 Å². The molecule has 0 atom stereocenters. The predicted molar refractivity (Wildman–Crippen MR) is 173 cm³/mol. The molecule has 1 saturated heterocycles. The largest absolute Gasteiger partial charge is 0.461 e. The lowest BCUT2D eigenvalue weighted by atomic mass is 9.90. The average Bonchev–Trinajstić information content (AvgIpc) is 3.49. The Kier molecular flexibility index (Phi) is 7.19. The maximum atomic E-state index is 14.0. The van der Waals surface area contributed by atoms with Gasteiger partial charge in [0.05, 0.1) is 18.0 Å². The molecule has 12 nitrogen and oxygen atoms in total. The van der Waals surface area contributed by atoms with E-state index in [9.17, 15) is 19.5 Å². The number of pyridine rings is 3. The number of hydrogen-bond donors (Lipinski definition) is 2. The molecule has 238 valence electrons. The molecule has 3 aliphatic rings. The van der Waals surface area contributed by atoms with Gasteiger partial charge >= 0.3 is 5.97 Å². The van der Waals surface area contributed by atoms with Crippen molar-refractivity contribution in [3.05, 3.63) is 81.8 Å². The third-order valence-electron chi connectivity index (χ3n) is 9.07. The van der Waals surface area contributed by atoms with Crippen molar-refractivity contribution in [2.24, 2.45) is 12.5 Å². The number of ether oxygens (including phenoxy) is 1. The van der Waals surface area contributed by atoms with Crippen molar-refractivity contribution in [1.29, 1.82) is 0 Å². The normalized spacial score (nSPS) is 17.0. The lowest BCUT2D eigenvalue weighted by Crippen LogP contribution is -2.50. The van der Waals surface area contributed by atoms with Crippen LogP contribution in [0.3, 0.4) is 0 Å². The number of nitrogens with one attached hydrogen (secondary N) is 1. The van der Waals surface area contributed by atoms with Crippen molar-refractivity contribution >= 4 is 34.9 Å². The summed E-state index contributed by atoms with van der Waals surface area (Å²) in [5, 5.41) is 12.8. The number of β-amino-alcohol motifs (C(OH)–C–C–N with tert-alkyl or cyclic N) is 1. The second-order valence-corrected chi connectivity index (χ2v) is 13.2. The summed E-state index contributed by atoms with van der Waals surface area (Å²) in [6, 6.07) is 9.23. The van der Waals surface area contributed by atoms with Gasteiger partial charge in [-0.1, -0.05) is 13.8 Å². The molecule has 0 radical (unpaired) electrons. The number of fused-ring (bicyclic) bond motifs is 3. The van der Waals surface area contributed by atoms with Gasteiger partial charge in [-0.2, -0.15) is 0 Å². The molecule has 0 aromatic carbocycles. The monoisotopic (exact) mass is 623 g/mol. The minimum atomic E-state index is -0.455. The zero-order chi connectivity index (χ0) is 32.3. The minimum Gasteiger partial charge on any atom is -0.461 e. The standard InChI is InChI=1S/C34H37N7O5/c1-20(42)46-19-26-25(7-8-35-31(26)41-10-9-40-28(33(41)45)12-21-13-34(2,3)14-29(21)40)22-11-27(32(44)38(4)16-22)37-30-6-5-23(15-36-30)39-17-24(43)18-39/h5-8,11-12,15-16,24,43H,9-10,13-14,17-19H2,1-4H3,(H,36,37). The number of aryl methyl sites for hydroxylation is 1. The van der Waals surface area contributed by atoms with Crippen LogP contribution in [0.1, 0.15) is 48.1 Å². The number of esters is 1. The molecule has 2 N–H and O–H groups in total. The average molecular weight is 624 g/mol. The highest BCUT2D eigenvalue weighted by molar-refractivity contribution is 6.06. The molecule has 12 heteroatoms. The van der Waals surface area contributed by atoms with E-state index in [0.29, 0.717) is 65.9 Å². The Morgan fingerprint density at radius 2 is 1.91 bits per heavy atom. The van der Waals surface area contributed by atoms with Crippen LogP contribution in [0.5, 0.6) is 0 Å². The lowest BCUT2D eigenvalue weighted by Gasteiger charge is -2.37. The molecular formula is C34H37N7O5. The summed E-state index contributed by atoms with van der Waals surface area (Å²) in [6.07, 6.45) is 6.60. The number of hydrogen-bond acceptors (Lipinski definition) is 9. The van der Waals surface area contributed by atoms with Crippen LogP contribution in [0.2, 0.25) is 0 Å². The van der Waals surface area contributed by atoms with E-state index >= 15 is 0 Å². The Morgan fingerprint density at radius 1 is 1.11 bits per heavy atom. The number of carbonyl (C=O) groups is 2. The van der Waals surface area contributed by atoms with E-state index in [0.717, 1.165) is 18.5 Å². The van der Waals surface area contributed by atoms with E-state index in [4.69, 9.17) is 4.74 Å². The van der Waals surface area contributed by atoms with Crippen molar-refractivity contribution in [1.82, 2.24) is 19.1 Å². The Balaban J connectivity index is 1.23. The summed E-state index contributed by atoms with van der Waals surface area (Å²) in [5.41, 5.74) is 6.18. The molecule has 0 saturated carbocycles. The fraction of sp³-hybridized carbons (Fsp3) is 0.382. The number of aromatic nitrogens is 4. The highest BCUT2D eigenvalue weighted by Crippen LogP contribution is 2.40. The molecule has 1 amide bonds. The highest BCUT2D eigenvalue weighted by Gasteiger charge is 2.37. The molecule has 4 aromatic rings. The van der Waals surface area contributed by atoms with Crippen LogP contribution in [-0.2, 0) is 42.6 Å². The number of anilines is 4. The van der Waals surface area contributed by atoms with Gasteiger partial charge in [-0.15, -0.1) is 0 Å². The number of carbonyl (C=O) groups excluding carboxylic acids is 2. The molecule has 6 heterocycles. The van der Waals surface area contributed by atoms with Gasteiger partial charge in [0.25, 0.3) is 11.5 Å². The second kappa shape index (κ2) is 11.1. The van der Waals surface area contributed by atoms with Crippen LogP contribution in [0.15, 0.2) is 53.7 Å². The topological polar surface area (TPSA) is 135 Å². The first-order chi connectivity index (χ1) is 22.0. The van der Waals surface area contributed by atoms with Crippen molar-refractivity contribution < 1.29 is 19.4 Å². The molecule has 46 heavy (non-hydrogen) atoms. The van der Waals surface area contributed by atoms with Crippen LogP contribution in [0, 0.1) is 5.41 Å². The second-order valence-electron chi connectivity index (χ2n) is 13.2. The number of nitrogens with zero attached hydrogens (tertiary/aromatic N) is 6. The zero-order valence-electron chi connectivity index (χ0n) is 26.4. The van der Waals surface area contributed by atoms with Crippen molar-refractivity contribution in [2.45, 2.75) is 52.9 Å². The lowest BCUT2D eigenvalue weighted by molar-refractivity contribution is -0.142. The maximum absolute atomic E-state index is 14.0. The Labute approximate surface area is 266 Å². The van der Waals surface area contributed by atoms with Gasteiger partial charge in [0.15, 0.2) is 0 Å². The smallest absolute Gasteiger partial charge is 0.302 e. The number of amides is 1. The SMILES string of the molecule is CC(=O)OCc1c(-c2cc(Nc3ccc(N4CC(O)C4)cn3)c(=O)n(C)c2)ccnc1N1CCn2c(cc3c2CC(C)(C)C3)C1=O. The highest BCUT2D eigenvalue weighted by atomic mass is 16.5. The van der Waals surface area contributed by atoms with Gasteiger partial charge in [0.2, 0.25) is 0 Å². The molecular weight excluding hydrogens is 586 g/mol. The maximum Gasteiger partial charge on any atom is 0.302 e. The number of aliphatic hydroxyl groups excluding tert-OH is 1. The minimum absolute atomic E-state index is 0.0941. The van der Waals surface area contributed by atoms with Crippen LogP contribution in [0.25, 0.3) is 11.1 Å². The van der Waals surface area contributed by atoms with E-state index in [1.165, 1.54) is 22.7 Å². The van der Waals surface area contributed by atoms with E-state index in [2.05, 4.69) is 33.7 Å². The third kappa shape index (κ3) is 5.32. The fourth-order valence-corrected chi connectivity index (χ4v) is 6.81. The summed E-state index contributed by atoms with van der Waals surface area (Å²) < 4.78 is 9.12. The molecule has 0 unspecified atom stereocenters. The van der Waals surface area contributed by atoms with Gasteiger partial charge in [-0.3, -0.25) is 19.3 Å². The van der Waals surface area contributed by atoms with Crippen LogP contribution < -0.4 is 20.7 Å². The first-order valence-electron chi connectivity index (χ1n) is 15.5. The summed E-state index contributed by atoms with van der Waals surface area (Å²) in [5.74, 6) is 0.321. The van der Waals surface area contributed by atoms with Crippen LogP contribution in [-0.4, -0.2) is 61.8 Å². The van der Waals surface area contributed by atoms with Gasteiger partial charge < -0.3 is 29.2 Å². The van der Waals surface area contributed by atoms with Gasteiger partial charge in [-0.25, -0.2) is 9.97 Å². The number of aliphatic hydroxyl groups is 1. The van der Waals surface area contributed by atoms with E-state index in [1.807, 2.05) is 17.0 Å². The van der Waals surface area contributed by atoms with E-state index in [-0.39, 0.29) is 29.6 Å². The Hall–Kier alpha value is -4.97. The quantitative estimate of drug-likeness (QED) is 0.297. The first-order valence-corrected chi connectivity index (χ1v) is 15.5. The van der Waals surface area contributed by atoms with Crippen molar-refractivity contribution in [2.75, 3.05) is 34.8 Å². The van der Waals surface area contributed by atoms with Crippen LogP contribution >= 0.6 is 0 Å². The molecule has 4 aromatic heterocycles. The predicted octanol–water partition coefficient (Wildman–Crippen LogP) is 3.42. The van der Waals surface area contributed by atoms with E-state index in [1.54, 1.807) is 48.7 Å². The summed E-state index contributed by atoms with van der Waals surface area (Å²) in [7, 11) is 1.67. The summed E-state index contributed by atoms with van der Waals surface area (Å²) in [4.78, 5) is 51.9. The molecule has 2 aliphatic heterocycles. The Morgan fingerprint density at radius 3 is 2.63 bits per heavy atom. The first kappa shape index (κ1) is 29.7. The zero-order valence-corrected chi connectivity index (χ0v) is 26.4. The molecule has 0 spiro atoms. The van der Waals surface area contributed by atoms with Gasteiger partial charge in [0, 0.05) is 69.4 Å². The Bertz CT molecular complexity index is 1920. The van der Waals surface area contributed by atoms with Crippen molar-refractivity contribution in [3.63, 3.8) is 0 Å². The fourth-order valence-electron chi connectivity index (χ4n) is 6.81. The summed E-state index contributed by atoms with van der Waals surface area (Å²) >= 11 is 0.